The summed E-state index contributed by atoms with van der Waals surface area (Å²) in [7, 11) is 0. The van der Waals surface area contributed by atoms with E-state index >= 15 is 0 Å². The molecule has 22 heavy (non-hydrogen) atoms. The van der Waals surface area contributed by atoms with Gasteiger partial charge in [0.1, 0.15) is 0 Å². The molecule has 0 aromatic heterocycles. The molecule has 0 saturated carbocycles. The molecule has 0 spiro atoms. The molecule has 1 aliphatic heterocycles. The monoisotopic (exact) mass is 428 g/mol. The van der Waals surface area contributed by atoms with Gasteiger partial charge in [-0.1, -0.05) is 0 Å². The summed E-state index contributed by atoms with van der Waals surface area (Å²) in [6, 6.07) is 0. The number of halogens is 1. The molecule has 5 nitrogen and oxygen atoms in total. The van der Waals surface area contributed by atoms with Gasteiger partial charge in [-0.15, -0.1) is 0 Å². The van der Waals surface area contributed by atoms with Gasteiger partial charge < -0.3 is 0 Å². The van der Waals surface area contributed by atoms with Crippen LogP contribution in [0.2, 0.25) is 0 Å². The molecule has 0 saturated heterocycles. The third-order valence-electron chi connectivity index (χ3n) is 4.56. The fraction of sp³-hybridized carbons (Fsp3) is 0.875. The molecular formula is C16H31INO4-. The van der Waals surface area contributed by atoms with Crippen molar-refractivity contribution >= 4 is 0 Å². The van der Waals surface area contributed by atoms with Crippen LogP contribution in [0.4, 0.5) is 0 Å². The zero-order valence-corrected chi connectivity index (χ0v) is 16.5. The molecule has 0 radical (unpaired) electrons. The van der Waals surface area contributed by atoms with Crippen molar-refractivity contribution in [2.24, 2.45) is 3.95 Å². The van der Waals surface area contributed by atoms with E-state index in [1.807, 2.05) is 0 Å². The first-order valence-corrected chi connectivity index (χ1v) is 10.9. The van der Waals surface area contributed by atoms with Gasteiger partial charge in [0.2, 0.25) is 0 Å². The first-order valence-electron chi connectivity index (χ1n) is 8.08. The van der Waals surface area contributed by atoms with E-state index in [0.29, 0.717) is 23.8 Å². The standard InChI is InChI=1S/C16H31INO4/c1-5-15(4,8-10-19-14-12-20-14)21-11-9-16(6-2,7-3)22-13-17-18/h12H,5-11,13,18H2,1-4H3/q-1. The van der Waals surface area contributed by atoms with Crippen LogP contribution in [0, 0.1) is 0 Å². The molecular weight excluding hydrogens is 397 g/mol. The zero-order chi connectivity index (χ0) is 16.5. The summed E-state index contributed by atoms with van der Waals surface area (Å²) in [5.41, 5.74) is -0.250. The normalized spacial score (nSPS) is 16.9. The Bertz CT molecular complexity index is 347. The minimum atomic E-state index is -0.319. The van der Waals surface area contributed by atoms with Crippen LogP contribution >= 0.6 is 0 Å². The first kappa shape index (κ1) is 20.0. The Morgan fingerprint density at radius 2 is 1.77 bits per heavy atom. The molecule has 0 fully saturated rings. The van der Waals surface area contributed by atoms with E-state index in [2.05, 4.69) is 27.7 Å². The van der Waals surface area contributed by atoms with Crippen LogP contribution < -0.4 is 25.4 Å². The van der Waals surface area contributed by atoms with Gasteiger partial charge >= 0.3 is 145 Å². The predicted octanol–water partition coefficient (Wildman–Crippen LogP) is 0.293. The SMILES string of the molecule is CCC(C)(CCOC1=CO1)OCCC(CC)(CC)OC[I-]N. The van der Waals surface area contributed by atoms with E-state index in [-0.39, 0.29) is 32.7 Å². The van der Waals surface area contributed by atoms with Crippen LogP contribution in [0.25, 0.3) is 0 Å². The maximum atomic E-state index is 6.18. The van der Waals surface area contributed by atoms with E-state index in [9.17, 15) is 0 Å². The molecule has 132 valence electrons. The first-order chi connectivity index (χ1) is 10.5. The Balaban J connectivity index is 2.36. The molecule has 1 aliphatic rings. The molecule has 0 aliphatic carbocycles. The summed E-state index contributed by atoms with van der Waals surface area (Å²) in [6.07, 6.45) is 6.32. The molecule has 1 unspecified atom stereocenters. The van der Waals surface area contributed by atoms with Gasteiger partial charge in [0, 0.05) is 0 Å². The Kier molecular flexibility index (Phi) is 9.04. The Labute approximate surface area is 145 Å². The summed E-state index contributed by atoms with van der Waals surface area (Å²) >= 11 is -0.319. The molecule has 1 atom stereocenters. The van der Waals surface area contributed by atoms with Crippen molar-refractivity contribution < 1.29 is 40.4 Å². The Hall–Kier alpha value is -0.0500. The summed E-state index contributed by atoms with van der Waals surface area (Å²) in [6.45, 7) is 9.97. The zero-order valence-electron chi connectivity index (χ0n) is 14.3. The third kappa shape index (κ3) is 7.02. The van der Waals surface area contributed by atoms with E-state index in [4.69, 9.17) is 22.9 Å². The van der Waals surface area contributed by atoms with E-state index in [1.54, 1.807) is 6.26 Å². The quantitative estimate of drug-likeness (QED) is 0.245. The summed E-state index contributed by atoms with van der Waals surface area (Å²) in [5.74, 6) is 0.632. The maximum absolute atomic E-state index is 6.18. The van der Waals surface area contributed by atoms with Crippen LogP contribution in [0.3, 0.4) is 0 Å². The molecule has 0 bridgehead atoms. The second-order valence-corrected chi connectivity index (χ2v) is 7.36. The van der Waals surface area contributed by atoms with Gasteiger partial charge in [-0.25, -0.2) is 0 Å². The average molecular weight is 428 g/mol. The van der Waals surface area contributed by atoms with Crippen LogP contribution in [0.1, 0.15) is 59.8 Å². The summed E-state index contributed by atoms with van der Waals surface area (Å²) in [5, 5.41) is 0. The van der Waals surface area contributed by atoms with Crippen molar-refractivity contribution in [2.75, 3.05) is 17.8 Å². The van der Waals surface area contributed by atoms with Crippen LogP contribution in [-0.4, -0.2) is 29.0 Å². The second-order valence-electron chi connectivity index (χ2n) is 5.85. The van der Waals surface area contributed by atoms with Crippen molar-refractivity contribution in [2.45, 2.75) is 71.0 Å². The van der Waals surface area contributed by atoms with Gasteiger partial charge in [0.05, 0.1) is 0 Å². The van der Waals surface area contributed by atoms with Crippen molar-refractivity contribution in [1.29, 1.82) is 0 Å². The second kappa shape index (κ2) is 9.95. The fourth-order valence-electron chi connectivity index (χ4n) is 2.32. The molecule has 0 amide bonds. The van der Waals surface area contributed by atoms with Gasteiger partial charge in [0.15, 0.2) is 0 Å². The number of hydrogen-bond donors (Lipinski definition) is 1. The van der Waals surface area contributed by atoms with Crippen LogP contribution in [0.5, 0.6) is 0 Å². The van der Waals surface area contributed by atoms with Crippen LogP contribution in [-0.2, 0) is 18.9 Å². The Morgan fingerprint density at radius 1 is 1.09 bits per heavy atom. The van der Waals surface area contributed by atoms with Gasteiger partial charge in [0.25, 0.3) is 0 Å². The van der Waals surface area contributed by atoms with Gasteiger partial charge in [-0.3, -0.25) is 0 Å². The molecule has 0 aromatic carbocycles. The Morgan fingerprint density at radius 3 is 2.27 bits per heavy atom. The van der Waals surface area contributed by atoms with Crippen molar-refractivity contribution in [3.05, 3.63) is 12.2 Å². The van der Waals surface area contributed by atoms with Crippen molar-refractivity contribution in [3.63, 3.8) is 0 Å². The van der Waals surface area contributed by atoms with E-state index < -0.39 is 0 Å². The topological polar surface area (TPSA) is 66.2 Å². The van der Waals surface area contributed by atoms with Gasteiger partial charge in [-0.2, -0.15) is 0 Å². The number of nitrogens with two attached hydrogens (primary N) is 1. The number of ether oxygens (including phenoxy) is 4. The van der Waals surface area contributed by atoms with E-state index in [0.717, 1.165) is 32.1 Å². The molecule has 1 rings (SSSR count). The number of rotatable bonds is 14. The molecule has 0 aromatic rings. The van der Waals surface area contributed by atoms with Crippen molar-refractivity contribution in [3.8, 4) is 0 Å². The number of hydrogen-bond acceptors (Lipinski definition) is 5. The molecule has 6 heteroatoms. The van der Waals surface area contributed by atoms with Crippen LogP contribution in [0.15, 0.2) is 12.2 Å². The summed E-state index contributed by atoms with van der Waals surface area (Å²) in [4.78, 5) is 0. The third-order valence-corrected chi connectivity index (χ3v) is 5.23. The summed E-state index contributed by atoms with van der Waals surface area (Å²) < 4.78 is 28.9. The average Bonchev–Trinajstić information content (AvgIpc) is 3.35. The predicted molar refractivity (Wildman–Crippen MR) is 82.5 cm³/mol. The fourth-order valence-corrected chi connectivity index (χ4v) is 3.16. The minimum absolute atomic E-state index is 0.0864. The van der Waals surface area contributed by atoms with E-state index in [1.165, 1.54) is 0 Å². The molecule has 1 heterocycles. The number of alkyl halides is 1. The van der Waals surface area contributed by atoms with Gasteiger partial charge in [-0.05, 0) is 0 Å². The molecule has 2 N–H and O–H groups in total. The van der Waals surface area contributed by atoms with Crippen molar-refractivity contribution in [1.82, 2.24) is 0 Å².